The molecular formula is C25H14N2S. The van der Waals surface area contributed by atoms with E-state index in [4.69, 9.17) is 6.57 Å². The summed E-state index contributed by atoms with van der Waals surface area (Å²) < 4.78 is 4.85. The summed E-state index contributed by atoms with van der Waals surface area (Å²) in [5, 5.41) is 4.92. The second-order valence-electron chi connectivity index (χ2n) is 6.92. The van der Waals surface area contributed by atoms with Crippen LogP contribution in [-0.4, -0.2) is 4.57 Å². The molecule has 6 rings (SSSR count). The molecule has 0 aliphatic heterocycles. The molecule has 6 aromatic rings. The second kappa shape index (κ2) is 5.69. The Bertz CT molecular complexity index is 1520. The van der Waals surface area contributed by atoms with Gasteiger partial charge >= 0.3 is 0 Å². The Morgan fingerprint density at radius 2 is 1.36 bits per heavy atom. The van der Waals surface area contributed by atoms with Gasteiger partial charge in [-0.25, -0.2) is 4.85 Å². The number of fused-ring (bicyclic) bond motifs is 6. The predicted molar refractivity (Wildman–Crippen MR) is 120 cm³/mol. The van der Waals surface area contributed by atoms with Gasteiger partial charge in [0.05, 0.1) is 28.0 Å². The number of hydrogen-bond donors (Lipinski definition) is 0. The molecule has 0 unspecified atom stereocenters. The molecule has 0 atom stereocenters. The van der Waals surface area contributed by atoms with Crippen molar-refractivity contribution in [3.63, 3.8) is 0 Å². The van der Waals surface area contributed by atoms with Gasteiger partial charge in [0.2, 0.25) is 0 Å². The summed E-state index contributed by atoms with van der Waals surface area (Å²) in [5.74, 6) is 0. The molecule has 0 aliphatic carbocycles. The van der Waals surface area contributed by atoms with Gasteiger partial charge in [0, 0.05) is 20.9 Å². The normalized spacial score (nSPS) is 11.5. The molecule has 4 aromatic carbocycles. The lowest BCUT2D eigenvalue weighted by Crippen LogP contribution is -1.93. The Kier molecular flexibility index (Phi) is 3.14. The van der Waals surface area contributed by atoms with E-state index < -0.39 is 0 Å². The van der Waals surface area contributed by atoms with E-state index in [0.717, 1.165) is 5.39 Å². The fourth-order valence-corrected chi connectivity index (χ4v) is 5.39. The SMILES string of the molecule is [C-]#[N+]c1ccc2sc3c(-n4c5ccccc5c5ccccc54)cccc3c2c1. The minimum Gasteiger partial charge on any atom is -0.308 e. The smallest absolute Gasteiger partial charge is 0.187 e. The van der Waals surface area contributed by atoms with E-state index in [0.29, 0.717) is 5.69 Å². The van der Waals surface area contributed by atoms with Crippen molar-refractivity contribution in [1.82, 2.24) is 4.57 Å². The molecule has 130 valence electrons. The van der Waals surface area contributed by atoms with Crippen molar-refractivity contribution in [2.75, 3.05) is 0 Å². The minimum atomic E-state index is 0.689. The third-order valence-corrected chi connectivity index (χ3v) is 6.62. The quantitative estimate of drug-likeness (QED) is 0.261. The van der Waals surface area contributed by atoms with E-state index in [2.05, 4.69) is 82.2 Å². The minimum absolute atomic E-state index is 0.689. The van der Waals surface area contributed by atoms with Gasteiger partial charge in [0.1, 0.15) is 0 Å². The van der Waals surface area contributed by atoms with Crippen molar-refractivity contribution in [1.29, 1.82) is 0 Å². The maximum atomic E-state index is 7.34. The van der Waals surface area contributed by atoms with Crippen molar-refractivity contribution in [2.45, 2.75) is 0 Å². The molecular weight excluding hydrogens is 360 g/mol. The first-order chi connectivity index (χ1) is 13.8. The molecule has 0 saturated heterocycles. The second-order valence-corrected chi connectivity index (χ2v) is 7.97. The molecule has 2 nitrogen and oxygen atoms in total. The van der Waals surface area contributed by atoms with Crippen molar-refractivity contribution in [3.8, 4) is 5.69 Å². The van der Waals surface area contributed by atoms with Gasteiger partial charge in [0.15, 0.2) is 5.69 Å². The number of nitrogens with zero attached hydrogens (tertiary/aromatic N) is 2. The Labute approximate surface area is 165 Å². The summed E-state index contributed by atoms with van der Waals surface area (Å²) in [6.45, 7) is 7.34. The van der Waals surface area contributed by atoms with Gasteiger partial charge in [-0.3, -0.25) is 0 Å². The maximum Gasteiger partial charge on any atom is 0.187 e. The summed E-state index contributed by atoms with van der Waals surface area (Å²) in [4.78, 5) is 3.61. The Morgan fingerprint density at radius 3 is 2.07 bits per heavy atom. The molecule has 2 heterocycles. The van der Waals surface area contributed by atoms with E-state index in [1.807, 2.05) is 12.1 Å². The van der Waals surface area contributed by atoms with Crippen LogP contribution in [0.3, 0.4) is 0 Å². The van der Waals surface area contributed by atoms with Crippen molar-refractivity contribution in [3.05, 3.63) is 96.3 Å². The molecule has 0 saturated carbocycles. The molecule has 2 aromatic heterocycles. The van der Waals surface area contributed by atoms with Crippen molar-refractivity contribution in [2.24, 2.45) is 0 Å². The molecule has 0 spiro atoms. The monoisotopic (exact) mass is 374 g/mol. The Morgan fingerprint density at radius 1 is 0.679 bits per heavy atom. The summed E-state index contributed by atoms with van der Waals surface area (Å²) in [6, 6.07) is 29.7. The fraction of sp³-hybridized carbons (Fsp3) is 0. The highest BCUT2D eigenvalue weighted by Crippen LogP contribution is 2.41. The van der Waals surface area contributed by atoms with Gasteiger partial charge in [-0.2, -0.15) is 0 Å². The van der Waals surface area contributed by atoms with Crippen molar-refractivity contribution < 1.29 is 0 Å². The van der Waals surface area contributed by atoms with Crippen LogP contribution in [0.5, 0.6) is 0 Å². The van der Waals surface area contributed by atoms with Gasteiger partial charge in [-0.15, -0.1) is 11.3 Å². The van der Waals surface area contributed by atoms with Gasteiger partial charge < -0.3 is 4.57 Å². The fourth-order valence-electron chi connectivity index (χ4n) is 4.20. The zero-order valence-corrected chi connectivity index (χ0v) is 15.7. The lowest BCUT2D eigenvalue weighted by Gasteiger charge is -2.09. The van der Waals surface area contributed by atoms with E-state index >= 15 is 0 Å². The largest absolute Gasteiger partial charge is 0.308 e. The highest BCUT2D eigenvalue weighted by molar-refractivity contribution is 7.26. The average Bonchev–Trinajstić information content (AvgIpc) is 3.29. The van der Waals surface area contributed by atoms with Gasteiger partial charge in [0.25, 0.3) is 0 Å². The van der Waals surface area contributed by atoms with Gasteiger partial charge in [-0.05, 0) is 29.7 Å². The summed E-state index contributed by atoms with van der Waals surface area (Å²) in [6.07, 6.45) is 0. The van der Waals surface area contributed by atoms with Crippen molar-refractivity contribution >= 4 is 59.0 Å². The molecule has 0 radical (unpaired) electrons. The number of hydrogen-bond acceptors (Lipinski definition) is 1. The molecule has 0 fully saturated rings. The Balaban J connectivity index is 1.80. The molecule has 0 amide bonds. The van der Waals surface area contributed by atoms with E-state index in [1.54, 1.807) is 11.3 Å². The zero-order valence-electron chi connectivity index (χ0n) is 14.9. The predicted octanol–water partition coefficient (Wildman–Crippen LogP) is 7.70. The number of thiophene rings is 1. The standard InChI is InChI=1S/C25H14N2S/c1-26-16-13-14-24-20(15-16)19-9-6-12-23(25(19)28-24)27-21-10-4-2-7-17(21)18-8-3-5-11-22(18)27/h2-15H. The first-order valence-corrected chi connectivity index (χ1v) is 9.98. The summed E-state index contributed by atoms with van der Waals surface area (Å²) in [5.41, 5.74) is 4.32. The highest BCUT2D eigenvalue weighted by atomic mass is 32.1. The molecule has 3 heteroatoms. The van der Waals surface area contributed by atoms with E-state index in [1.165, 1.54) is 42.3 Å². The van der Waals surface area contributed by atoms with Crippen LogP contribution in [0.2, 0.25) is 0 Å². The molecule has 28 heavy (non-hydrogen) atoms. The van der Waals surface area contributed by atoms with Crippen LogP contribution in [-0.2, 0) is 0 Å². The number of benzene rings is 4. The lowest BCUT2D eigenvalue weighted by molar-refractivity contribution is 1.20. The number of rotatable bonds is 1. The van der Waals surface area contributed by atoms with Crippen LogP contribution in [0.1, 0.15) is 0 Å². The van der Waals surface area contributed by atoms with Gasteiger partial charge in [-0.1, -0.05) is 60.7 Å². The molecule has 0 N–H and O–H groups in total. The third kappa shape index (κ3) is 2.01. The first kappa shape index (κ1) is 15.4. The summed E-state index contributed by atoms with van der Waals surface area (Å²) in [7, 11) is 0. The van der Waals surface area contributed by atoms with Crippen LogP contribution in [0.25, 0.3) is 52.5 Å². The van der Waals surface area contributed by atoms with E-state index in [9.17, 15) is 0 Å². The number of para-hydroxylation sites is 2. The zero-order chi connectivity index (χ0) is 18.7. The summed E-state index contributed by atoms with van der Waals surface area (Å²) >= 11 is 1.80. The van der Waals surface area contributed by atoms with Crippen LogP contribution in [0, 0.1) is 6.57 Å². The lowest BCUT2D eigenvalue weighted by atomic mass is 10.1. The van der Waals surface area contributed by atoms with Crippen LogP contribution in [0.15, 0.2) is 84.9 Å². The van der Waals surface area contributed by atoms with Crippen LogP contribution < -0.4 is 0 Å². The average molecular weight is 374 g/mol. The highest BCUT2D eigenvalue weighted by Gasteiger charge is 2.15. The van der Waals surface area contributed by atoms with E-state index in [-0.39, 0.29) is 0 Å². The third-order valence-electron chi connectivity index (χ3n) is 5.41. The number of aromatic nitrogens is 1. The van der Waals surface area contributed by atoms with Crippen LogP contribution >= 0.6 is 11.3 Å². The van der Waals surface area contributed by atoms with Crippen LogP contribution in [0.4, 0.5) is 5.69 Å². The topological polar surface area (TPSA) is 9.29 Å². The maximum absolute atomic E-state index is 7.34. The molecule has 0 bridgehead atoms. The molecule has 0 aliphatic rings. The first-order valence-electron chi connectivity index (χ1n) is 9.16. The Hall–Kier alpha value is -3.61.